The van der Waals surface area contributed by atoms with Crippen molar-refractivity contribution in [3.05, 3.63) is 75.4 Å². The molecule has 6 heteroatoms. The van der Waals surface area contributed by atoms with Gasteiger partial charge in [-0.3, -0.25) is 0 Å². The zero-order valence-electron chi connectivity index (χ0n) is 15.7. The third-order valence-electron chi connectivity index (χ3n) is 5.37. The number of nitrogens with one attached hydrogen (secondary N) is 1. The molecule has 1 unspecified atom stereocenters. The first kappa shape index (κ1) is 17.6. The molecule has 0 aliphatic carbocycles. The lowest BCUT2D eigenvalue weighted by Crippen LogP contribution is -2.36. The number of aromatic amines is 1. The largest absolute Gasteiger partial charge is 0.497 e. The predicted molar refractivity (Wildman–Crippen MR) is 118 cm³/mol. The minimum absolute atomic E-state index is 0. The third-order valence-corrected chi connectivity index (χ3v) is 6.60. The fourth-order valence-corrected chi connectivity index (χ4v) is 5.10. The van der Waals surface area contributed by atoms with Gasteiger partial charge in [-0.15, -0.1) is 11.3 Å². The van der Waals surface area contributed by atoms with E-state index in [0.717, 1.165) is 40.1 Å². The molecule has 0 saturated carbocycles. The average molecular weight is 412 g/mol. The molecule has 5 rings (SSSR count). The second-order valence-electron chi connectivity index (χ2n) is 7.10. The molecule has 28 heavy (non-hydrogen) atoms. The van der Waals surface area contributed by atoms with E-state index in [1.807, 2.05) is 25.1 Å². The summed E-state index contributed by atoms with van der Waals surface area (Å²) in [6.45, 7) is 2.96. The summed E-state index contributed by atoms with van der Waals surface area (Å²) in [5.74, 6) is 0.861. The fourth-order valence-electron chi connectivity index (χ4n) is 4.07. The van der Waals surface area contributed by atoms with Gasteiger partial charge in [0.15, 0.2) is 5.13 Å². The number of aromatic nitrogens is 2. The second kappa shape index (κ2) is 6.83. The first-order valence-electron chi connectivity index (χ1n) is 9.27. The molecule has 2 aromatic carbocycles. The Bertz CT molecular complexity index is 1150. The predicted octanol–water partition coefficient (Wildman–Crippen LogP) is 5.99. The standard InChI is InChI=1S/C22H20ClN3OS.H2/c1-13-12-28-22(24-13)26-10-9-17-18-11-15(23)5-8-19(18)25-20(17)21(26)14-3-6-16(27-2)7-4-14;/h3-8,11-12,21,25H,9-10H2,1-2H3;1H. The Kier molecular flexibility index (Phi) is 4.29. The third kappa shape index (κ3) is 2.86. The summed E-state index contributed by atoms with van der Waals surface area (Å²) in [4.78, 5) is 10.8. The highest BCUT2D eigenvalue weighted by molar-refractivity contribution is 7.13. The van der Waals surface area contributed by atoms with Gasteiger partial charge in [-0.25, -0.2) is 4.98 Å². The monoisotopic (exact) mass is 411 g/mol. The summed E-state index contributed by atoms with van der Waals surface area (Å²) < 4.78 is 5.36. The Morgan fingerprint density at radius 2 is 2.07 bits per heavy atom. The molecule has 0 spiro atoms. The molecule has 1 N–H and O–H groups in total. The van der Waals surface area contributed by atoms with Crippen molar-refractivity contribution < 1.29 is 6.16 Å². The van der Waals surface area contributed by atoms with Crippen molar-refractivity contribution >= 4 is 39.0 Å². The molecular weight excluding hydrogens is 390 g/mol. The Morgan fingerprint density at radius 3 is 2.79 bits per heavy atom. The van der Waals surface area contributed by atoms with Gasteiger partial charge in [0.2, 0.25) is 0 Å². The van der Waals surface area contributed by atoms with E-state index in [1.165, 1.54) is 22.2 Å². The van der Waals surface area contributed by atoms with Crippen LogP contribution in [-0.2, 0) is 6.42 Å². The number of hydrogen-bond acceptors (Lipinski definition) is 4. The number of H-pyrrole nitrogens is 1. The normalized spacial score (nSPS) is 16.4. The summed E-state index contributed by atoms with van der Waals surface area (Å²) in [7, 11) is 1.69. The molecule has 2 aromatic heterocycles. The van der Waals surface area contributed by atoms with Crippen LogP contribution in [0.2, 0.25) is 5.02 Å². The van der Waals surface area contributed by atoms with Crippen molar-refractivity contribution in [1.82, 2.24) is 9.97 Å². The van der Waals surface area contributed by atoms with Gasteiger partial charge in [0.25, 0.3) is 0 Å². The van der Waals surface area contributed by atoms with Crippen molar-refractivity contribution in [1.29, 1.82) is 0 Å². The first-order valence-corrected chi connectivity index (χ1v) is 10.5. The number of thiazole rings is 1. The lowest BCUT2D eigenvalue weighted by atomic mass is 9.93. The van der Waals surface area contributed by atoms with Gasteiger partial charge in [-0.05, 0) is 54.8 Å². The van der Waals surface area contributed by atoms with E-state index in [9.17, 15) is 0 Å². The molecule has 1 aliphatic heterocycles. The van der Waals surface area contributed by atoms with Gasteiger partial charge in [-0.1, -0.05) is 23.7 Å². The second-order valence-corrected chi connectivity index (χ2v) is 8.37. The Hall–Kier alpha value is -2.50. The highest BCUT2D eigenvalue weighted by atomic mass is 35.5. The molecule has 0 radical (unpaired) electrons. The molecule has 0 bridgehead atoms. The summed E-state index contributed by atoms with van der Waals surface area (Å²) >= 11 is 7.99. The Morgan fingerprint density at radius 1 is 1.25 bits per heavy atom. The van der Waals surface area contributed by atoms with Crippen molar-refractivity contribution in [3.63, 3.8) is 0 Å². The molecule has 4 nitrogen and oxygen atoms in total. The summed E-state index contributed by atoms with van der Waals surface area (Å²) in [5, 5.41) is 5.16. The Labute approximate surface area is 174 Å². The number of benzene rings is 2. The van der Waals surface area contributed by atoms with E-state index in [-0.39, 0.29) is 7.47 Å². The van der Waals surface area contributed by atoms with Crippen molar-refractivity contribution in [2.24, 2.45) is 0 Å². The number of hydrogen-bond donors (Lipinski definition) is 1. The summed E-state index contributed by atoms with van der Waals surface area (Å²) in [6, 6.07) is 14.5. The smallest absolute Gasteiger partial charge is 0.186 e. The van der Waals surface area contributed by atoms with Crippen LogP contribution in [0, 0.1) is 6.92 Å². The van der Waals surface area contributed by atoms with Crippen LogP contribution in [0.25, 0.3) is 10.9 Å². The highest BCUT2D eigenvalue weighted by Crippen LogP contribution is 2.42. The maximum atomic E-state index is 6.29. The van der Waals surface area contributed by atoms with Crippen molar-refractivity contribution in [2.75, 3.05) is 18.6 Å². The molecular formula is C22H22ClN3OS. The molecule has 0 fully saturated rings. The minimum Gasteiger partial charge on any atom is -0.497 e. The van der Waals surface area contributed by atoms with Crippen molar-refractivity contribution in [3.8, 4) is 5.75 Å². The number of rotatable bonds is 3. The molecule has 1 atom stereocenters. The van der Waals surface area contributed by atoms with Gasteiger partial charge in [0.05, 0.1) is 18.8 Å². The van der Waals surface area contributed by atoms with Gasteiger partial charge >= 0.3 is 0 Å². The number of anilines is 1. The molecule has 144 valence electrons. The zero-order valence-corrected chi connectivity index (χ0v) is 17.3. The lowest BCUT2D eigenvalue weighted by molar-refractivity contribution is 0.414. The van der Waals surface area contributed by atoms with Gasteiger partial charge in [0, 0.05) is 35.0 Å². The molecule has 3 heterocycles. The SMILES string of the molecule is COc1ccc(C2c3[nH]c4ccc(Cl)cc4c3CCN2c2nc(C)cs2)cc1.[HH]. The van der Waals surface area contributed by atoms with E-state index in [0.29, 0.717) is 0 Å². The zero-order chi connectivity index (χ0) is 19.3. The van der Waals surface area contributed by atoms with Crippen LogP contribution in [0.1, 0.15) is 30.0 Å². The number of nitrogens with zero attached hydrogens (tertiary/aromatic N) is 2. The average Bonchev–Trinajstić information content (AvgIpc) is 3.30. The summed E-state index contributed by atoms with van der Waals surface area (Å²) in [6.07, 6.45) is 0.959. The van der Waals surface area contributed by atoms with Crippen molar-refractivity contribution in [2.45, 2.75) is 19.4 Å². The number of halogens is 1. The van der Waals surface area contributed by atoms with Crippen LogP contribution < -0.4 is 9.64 Å². The van der Waals surface area contributed by atoms with Gasteiger partial charge in [-0.2, -0.15) is 0 Å². The number of ether oxygens (including phenoxy) is 1. The highest BCUT2D eigenvalue weighted by Gasteiger charge is 2.33. The molecule has 1 aliphatic rings. The van der Waals surface area contributed by atoms with E-state index in [2.05, 4.69) is 39.5 Å². The fraction of sp³-hybridized carbons (Fsp3) is 0.227. The van der Waals surface area contributed by atoms with Gasteiger partial charge in [0.1, 0.15) is 5.75 Å². The maximum absolute atomic E-state index is 6.29. The number of aryl methyl sites for hydroxylation is 1. The van der Waals surface area contributed by atoms with Gasteiger partial charge < -0.3 is 14.6 Å². The van der Waals surface area contributed by atoms with Crippen LogP contribution in [0.3, 0.4) is 0 Å². The molecule has 4 aromatic rings. The topological polar surface area (TPSA) is 41.1 Å². The van der Waals surface area contributed by atoms with Crippen LogP contribution in [0.15, 0.2) is 47.8 Å². The van der Waals surface area contributed by atoms with Crippen LogP contribution in [0.5, 0.6) is 5.75 Å². The quantitative estimate of drug-likeness (QED) is 0.450. The molecule has 0 saturated heterocycles. The van der Waals surface area contributed by atoms with Crippen LogP contribution in [-0.4, -0.2) is 23.6 Å². The maximum Gasteiger partial charge on any atom is 0.186 e. The Balaban J connectivity index is 0.00000205. The van der Waals surface area contributed by atoms with E-state index >= 15 is 0 Å². The van der Waals surface area contributed by atoms with E-state index < -0.39 is 0 Å². The first-order chi connectivity index (χ1) is 13.6. The van der Waals surface area contributed by atoms with E-state index in [4.69, 9.17) is 21.3 Å². The molecule has 0 amide bonds. The minimum atomic E-state index is 0. The number of fused-ring (bicyclic) bond motifs is 3. The van der Waals surface area contributed by atoms with Crippen LogP contribution >= 0.6 is 22.9 Å². The number of methoxy groups -OCH3 is 1. The van der Waals surface area contributed by atoms with E-state index in [1.54, 1.807) is 18.4 Å². The lowest BCUT2D eigenvalue weighted by Gasteiger charge is -2.36. The summed E-state index contributed by atoms with van der Waals surface area (Å²) in [5.41, 5.74) is 5.98. The van der Waals surface area contributed by atoms with Crippen LogP contribution in [0.4, 0.5) is 5.13 Å².